The maximum Gasteiger partial charge on any atom is 0.165 e. The zero-order valence-electron chi connectivity index (χ0n) is 30.0. The summed E-state index contributed by atoms with van der Waals surface area (Å²) in [6, 6.07) is 63.6. The number of para-hydroxylation sites is 2. The van der Waals surface area contributed by atoms with Crippen LogP contribution in [-0.2, 0) is 0 Å². The molecule has 0 atom stereocenters. The first kappa shape index (κ1) is 32.2. The Kier molecular flexibility index (Phi) is 7.60. The fraction of sp³-hybridized carbons (Fsp3) is 0. The molecule has 56 heavy (non-hydrogen) atoms. The van der Waals surface area contributed by atoms with Gasteiger partial charge in [-0.3, -0.25) is 4.98 Å². The number of aromatic nitrogens is 5. The lowest BCUT2D eigenvalue weighted by Crippen LogP contribution is -2.02. The molecular formula is C50H31N5S. The zero-order valence-corrected chi connectivity index (χ0v) is 30.9. The topological polar surface area (TPSA) is 56.5 Å². The first-order valence-electron chi connectivity index (χ1n) is 18.6. The first-order chi connectivity index (χ1) is 27.8. The van der Waals surface area contributed by atoms with E-state index in [1.54, 1.807) is 0 Å². The van der Waals surface area contributed by atoms with Crippen LogP contribution in [0, 0.1) is 0 Å². The van der Waals surface area contributed by atoms with E-state index in [0.29, 0.717) is 17.5 Å². The van der Waals surface area contributed by atoms with Crippen molar-refractivity contribution in [3.8, 4) is 62.2 Å². The van der Waals surface area contributed by atoms with Gasteiger partial charge in [-0.05, 0) is 42.0 Å². The van der Waals surface area contributed by atoms with Crippen molar-refractivity contribution in [2.24, 2.45) is 0 Å². The minimum absolute atomic E-state index is 0.568. The number of rotatable bonds is 6. The van der Waals surface area contributed by atoms with Gasteiger partial charge >= 0.3 is 0 Å². The van der Waals surface area contributed by atoms with Crippen LogP contribution in [0.3, 0.4) is 0 Å². The third-order valence-corrected chi connectivity index (χ3v) is 11.8. The van der Waals surface area contributed by atoms with Crippen molar-refractivity contribution in [1.82, 2.24) is 24.5 Å². The Morgan fingerprint density at radius 3 is 1.66 bits per heavy atom. The summed E-state index contributed by atoms with van der Waals surface area (Å²) in [5, 5.41) is 4.94. The molecule has 0 aliphatic carbocycles. The molecule has 0 N–H and O–H groups in total. The number of hydrogen-bond acceptors (Lipinski definition) is 5. The van der Waals surface area contributed by atoms with Crippen molar-refractivity contribution in [1.29, 1.82) is 0 Å². The lowest BCUT2D eigenvalue weighted by Gasteiger charge is -2.16. The quantitative estimate of drug-likeness (QED) is 0.171. The van der Waals surface area contributed by atoms with Crippen LogP contribution in [0.1, 0.15) is 0 Å². The molecule has 0 saturated carbocycles. The van der Waals surface area contributed by atoms with E-state index in [-0.39, 0.29) is 0 Å². The lowest BCUT2D eigenvalue weighted by atomic mass is 10.0. The van der Waals surface area contributed by atoms with Gasteiger partial charge in [0.05, 0.1) is 22.4 Å². The molecule has 11 aromatic rings. The third kappa shape index (κ3) is 5.38. The molecule has 11 rings (SSSR count). The smallest absolute Gasteiger partial charge is 0.165 e. The fourth-order valence-electron chi connectivity index (χ4n) is 7.88. The Hall–Kier alpha value is -7.28. The molecule has 6 heteroatoms. The number of fused-ring (bicyclic) bond motifs is 6. The Bertz CT molecular complexity index is 3190. The first-order valence-corrected chi connectivity index (χ1v) is 19.5. The normalized spacial score (nSPS) is 11.6. The summed E-state index contributed by atoms with van der Waals surface area (Å²) < 4.78 is 4.88. The van der Waals surface area contributed by atoms with E-state index >= 15 is 0 Å². The summed E-state index contributed by atoms with van der Waals surface area (Å²) in [5.41, 5.74) is 10.2. The second-order valence-corrected chi connectivity index (χ2v) is 14.9. The van der Waals surface area contributed by atoms with Gasteiger partial charge in [-0.1, -0.05) is 146 Å². The van der Waals surface area contributed by atoms with Crippen LogP contribution < -0.4 is 0 Å². The minimum Gasteiger partial charge on any atom is -0.309 e. The predicted octanol–water partition coefficient (Wildman–Crippen LogP) is 13.1. The van der Waals surface area contributed by atoms with Crippen molar-refractivity contribution in [3.05, 3.63) is 188 Å². The van der Waals surface area contributed by atoms with Gasteiger partial charge < -0.3 is 4.57 Å². The second-order valence-electron chi connectivity index (χ2n) is 13.9. The van der Waals surface area contributed by atoms with Crippen molar-refractivity contribution in [2.45, 2.75) is 0 Å². The maximum absolute atomic E-state index is 5.16. The van der Waals surface area contributed by atoms with Gasteiger partial charge in [-0.2, -0.15) is 0 Å². The number of nitrogens with zero attached hydrogens (tertiary/aromatic N) is 5. The molecule has 0 bridgehead atoms. The zero-order chi connectivity index (χ0) is 37.0. The minimum atomic E-state index is 0.568. The van der Waals surface area contributed by atoms with E-state index in [1.807, 2.05) is 47.9 Å². The highest BCUT2D eigenvalue weighted by Crippen LogP contribution is 2.41. The van der Waals surface area contributed by atoms with Crippen molar-refractivity contribution in [3.63, 3.8) is 0 Å². The molecule has 7 aromatic carbocycles. The van der Waals surface area contributed by atoms with Crippen LogP contribution in [-0.4, -0.2) is 24.5 Å². The summed E-state index contributed by atoms with van der Waals surface area (Å²) in [4.78, 5) is 20.3. The Balaban J connectivity index is 1.08. The van der Waals surface area contributed by atoms with Gasteiger partial charge in [-0.15, -0.1) is 11.3 Å². The van der Waals surface area contributed by atoms with E-state index in [2.05, 4.69) is 156 Å². The van der Waals surface area contributed by atoms with Crippen LogP contribution in [0.15, 0.2) is 188 Å². The largest absolute Gasteiger partial charge is 0.309 e. The average molecular weight is 734 g/mol. The highest BCUT2D eigenvalue weighted by Gasteiger charge is 2.19. The number of hydrogen-bond donors (Lipinski definition) is 0. The maximum atomic E-state index is 5.16. The van der Waals surface area contributed by atoms with E-state index < -0.39 is 0 Å². The fourth-order valence-corrected chi connectivity index (χ4v) is 9.11. The van der Waals surface area contributed by atoms with Gasteiger partial charge in [0, 0.05) is 65.0 Å². The molecule has 0 spiro atoms. The predicted molar refractivity (Wildman–Crippen MR) is 232 cm³/mol. The van der Waals surface area contributed by atoms with Crippen molar-refractivity contribution >= 4 is 53.3 Å². The molecular weight excluding hydrogens is 703 g/mol. The molecule has 0 aliphatic rings. The molecule has 0 unspecified atom stereocenters. The lowest BCUT2D eigenvalue weighted by molar-refractivity contribution is 1.07. The molecule has 0 radical (unpaired) electrons. The van der Waals surface area contributed by atoms with Crippen LogP contribution in [0.4, 0.5) is 0 Å². The molecule has 0 fully saturated rings. The van der Waals surface area contributed by atoms with Gasteiger partial charge in [0.2, 0.25) is 0 Å². The summed E-state index contributed by atoms with van der Waals surface area (Å²) in [6.45, 7) is 0. The monoisotopic (exact) mass is 733 g/mol. The summed E-state index contributed by atoms with van der Waals surface area (Å²) in [7, 11) is 0. The van der Waals surface area contributed by atoms with Crippen molar-refractivity contribution in [2.75, 3.05) is 0 Å². The summed E-state index contributed by atoms with van der Waals surface area (Å²) in [6.07, 6.45) is 1.89. The average Bonchev–Trinajstić information content (AvgIpc) is 3.83. The molecule has 0 aliphatic heterocycles. The third-order valence-electron chi connectivity index (χ3n) is 10.5. The van der Waals surface area contributed by atoms with E-state index in [9.17, 15) is 0 Å². The highest BCUT2D eigenvalue weighted by molar-refractivity contribution is 7.26. The Morgan fingerprint density at radius 1 is 0.393 bits per heavy atom. The molecule has 5 nitrogen and oxygen atoms in total. The number of thiophene rings is 1. The van der Waals surface area contributed by atoms with Gasteiger partial charge in [0.15, 0.2) is 17.5 Å². The van der Waals surface area contributed by atoms with Crippen LogP contribution >= 0.6 is 11.3 Å². The molecule has 4 aromatic heterocycles. The Labute approximate surface area is 326 Å². The standard InChI is InChI=1S/C50H31N5S/c1-3-14-32(15-4-1)36-28-26-34(30-45(36)55-43-23-10-7-18-37(43)38-19-8-11-24-44(38)55)49-52-48(33-16-5-2-6-17-33)53-50(54-49)35-27-29-42(51-31-35)41-22-13-21-40-39-20-9-12-25-46(39)56-47(40)41/h1-31H. The van der Waals surface area contributed by atoms with Crippen molar-refractivity contribution < 1.29 is 0 Å². The number of pyridine rings is 1. The van der Waals surface area contributed by atoms with Crippen LogP contribution in [0.5, 0.6) is 0 Å². The molecule has 262 valence electrons. The van der Waals surface area contributed by atoms with Gasteiger partial charge in [0.25, 0.3) is 0 Å². The molecule has 4 heterocycles. The van der Waals surface area contributed by atoms with Crippen LogP contribution in [0.25, 0.3) is 104 Å². The van der Waals surface area contributed by atoms with Crippen LogP contribution in [0.2, 0.25) is 0 Å². The second kappa shape index (κ2) is 13.2. The summed E-state index contributed by atoms with van der Waals surface area (Å²) >= 11 is 1.81. The highest BCUT2D eigenvalue weighted by atomic mass is 32.1. The van der Waals surface area contributed by atoms with Gasteiger partial charge in [0.1, 0.15) is 0 Å². The summed E-state index contributed by atoms with van der Waals surface area (Å²) in [5.74, 6) is 1.77. The molecule has 0 saturated heterocycles. The van der Waals surface area contributed by atoms with E-state index in [1.165, 1.54) is 30.9 Å². The van der Waals surface area contributed by atoms with Gasteiger partial charge in [-0.25, -0.2) is 15.0 Å². The van der Waals surface area contributed by atoms with E-state index in [0.717, 1.165) is 55.8 Å². The SMILES string of the molecule is c1ccc(-c2nc(-c3ccc(-c4cccc5c4sc4ccccc45)nc3)nc(-c3ccc(-c4ccccc4)c(-n4c5ccccc5c5ccccc54)c3)n2)cc1. The Morgan fingerprint density at radius 2 is 0.964 bits per heavy atom. The number of benzene rings is 7. The molecule has 0 amide bonds. The van der Waals surface area contributed by atoms with E-state index in [4.69, 9.17) is 19.9 Å².